The average molecular weight is 346 g/mol. The molecule has 0 radical (unpaired) electrons. The number of sulfone groups is 1. The summed E-state index contributed by atoms with van der Waals surface area (Å²) in [6, 6.07) is 5.11. The van der Waals surface area contributed by atoms with Crippen molar-refractivity contribution in [3.8, 4) is 0 Å². The zero-order valence-corrected chi connectivity index (χ0v) is 14.4. The van der Waals surface area contributed by atoms with E-state index in [1.54, 1.807) is 0 Å². The second-order valence-corrected chi connectivity index (χ2v) is 9.49. The van der Waals surface area contributed by atoms with Crippen LogP contribution in [-0.2, 0) is 19.9 Å². The van der Waals surface area contributed by atoms with E-state index in [0.29, 0.717) is 0 Å². The number of benzene rings is 1. The molecule has 1 aromatic rings. The number of nitrogens with one attached hydrogen (secondary N) is 2. The van der Waals surface area contributed by atoms with Crippen molar-refractivity contribution in [1.82, 2.24) is 10.0 Å². The van der Waals surface area contributed by atoms with E-state index in [4.69, 9.17) is 0 Å². The minimum absolute atomic E-state index is 0.0792. The second kappa shape index (κ2) is 6.66. The highest BCUT2D eigenvalue weighted by Gasteiger charge is 2.25. The Labute approximate surface area is 132 Å². The molecular formula is C14H22N2O4S2. The van der Waals surface area contributed by atoms with Crippen LogP contribution in [0.4, 0.5) is 0 Å². The van der Waals surface area contributed by atoms with E-state index in [0.717, 1.165) is 32.2 Å². The molecule has 0 amide bonds. The highest BCUT2D eigenvalue weighted by Crippen LogP contribution is 2.18. The Morgan fingerprint density at radius 3 is 2.23 bits per heavy atom. The molecule has 1 heterocycles. The summed E-state index contributed by atoms with van der Waals surface area (Å²) in [5.41, 5.74) is 0. The Kier molecular flexibility index (Phi) is 5.26. The molecule has 2 unspecified atom stereocenters. The molecule has 1 aliphatic rings. The van der Waals surface area contributed by atoms with Crippen molar-refractivity contribution in [1.29, 1.82) is 0 Å². The molecule has 0 bridgehead atoms. The number of rotatable bonds is 5. The predicted molar refractivity (Wildman–Crippen MR) is 84.9 cm³/mol. The molecule has 0 spiro atoms. The molecule has 6 nitrogen and oxygen atoms in total. The van der Waals surface area contributed by atoms with Gasteiger partial charge in [-0.25, -0.2) is 21.6 Å². The van der Waals surface area contributed by atoms with Gasteiger partial charge in [-0.1, -0.05) is 0 Å². The molecule has 22 heavy (non-hydrogen) atoms. The van der Waals surface area contributed by atoms with Gasteiger partial charge in [0.15, 0.2) is 9.84 Å². The molecule has 0 aliphatic carbocycles. The van der Waals surface area contributed by atoms with Crippen molar-refractivity contribution < 1.29 is 16.8 Å². The molecule has 1 aromatic carbocycles. The zero-order valence-electron chi connectivity index (χ0n) is 12.7. The number of hydrogen-bond acceptors (Lipinski definition) is 5. The van der Waals surface area contributed by atoms with Crippen LogP contribution >= 0.6 is 0 Å². The van der Waals surface area contributed by atoms with Crippen molar-refractivity contribution in [2.75, 3.05) is 19.3 Å². The first kappa shape index (κ1) is 17.4. The van der Waals surface area contributed by atoms with E-state index in [1.165, 1.54) is 24.3 Å². The summed E-state index contributed by atoms with van der Waals surface area (Å²) in [4.78, 5) is 0.187. The van der Waals surface area contributed by atoms with Crippen LogP contribution in [0.15, 0.2) is 34.1 Å². The van der Waals surface area contributed by atoms with Gasteiger partial charge in [-0.2, -0.15) is 0 Å². The van der Waals surface area contributed by atoms with E-state index >= 15 is 0 Å². The van der Waals surface area contributed by atoms with E-state index < -0.39 is 19.9 Å². The number of sulfonamides is 1. The van der Waals surface area contributed by atoms with E-state index in [2.05, 4.69) is 10.0 Å². The monoisotopic (exact) mass is 346 g/mol. The number of piperidine rings is 1. The first-order valence-electron chi connectivity index (χ1n) is 7.23. The Balaban J connectivity index is 2.12. The Bertz CT molecular complexity index is 706. The number of hydrogen-bond donors (Lipinski definition) is 2. The van der Waals surface area contributed by atoms with Crippen LogP contribution < -0.4 is 10.0 Å². The Morgan fingerprint density at radius 1 is 1.14 bits per heavy atom. The Morgan fingerprint density at radius 2 is 1.73 bits per heavy atom. The van der Waals surface area contributed by atoms with Gasteiger partial charge in [-0.05, 0) is 63.0 Å². The third-order valence-corrected chi connectivity index (χ3v) is 6.65. The van der Waals surface area contributed by atoms with Crippen LogP contribution in [0, 0.1) is 5.92 Å². The van der Waals surface area contributed by atoms with Crippen molar-refractivity contribution in [2.24, 2.45) is 5.92 Å². The Hall–Kier alpha value is -0.960. The SMILES string of the molecule is CC(NS(=O)(=O)c1ccc(S(C)(=O)=O)cc1)C1CCCNC1. The smallest absolute Gasteiger partial charge is 0.240 e. The van der Waals surface area contributed by atoms with Gasteiger partial charge in [0.1, 0.15) is 0 Å². The van der Waals surface area contributed by atoms with Crippen LogP contribution in [0.25, 0.3) is 0 Å². The van der Waals surface area contributed by atoms with Gasteiger partial charge in [-0.15, -0.1) is 0 Å². The summed E-state index contributed by atoms with van der Waals surface area (Å²) in [5.74, 6) is 0.263. The summed E-state index contributed by atoms with van der Waals surface area (Å²) in [6.07, 6.45) is 3.12. The fourth-order valence-electron chi connectivity index (χ4n) is 2.58. The topological polar surface area (TPSA) is 92.3 Å². The molecule has 0 aromatic heterocycles. The summed E-state index contributed by atoms with van der Waals surface area (Å²) >= 11 is 0. The minimum Gasteiger partial charge on any atom is -0.316 e. The second-order valence-electron chi connectivity index (χ2n) is 5.76. The molecule has 2 rings (SSSR count). The summed E-state index contributed by atoms with van der Waals surface area (Å²) in [6.45, 7) is 3.64. The maximum atomic E-state index is 12.4. The highest BCUT2D eigenvalue weighted by molar-refractivity contribution is 7.90. The lowest BCUT2D eigenvalue weighted by atomic mass is 9.94. The molecule has 124 valence electrons. The van der Waals surface area contributed by atoms with Crippen LogP contribution in [0.3, 0.4) is 0 Å². The maximum absolute atomic E-state index is 12.4. The van der Waals surface area contributed by atoms with E-state index in [1.807, 2.05) is 6.92 Å². The first-order chi connectivity index (χ1) is 10.2. The van der Waals surface area contributed by atoms with Gasteiger partial charge in [0.05, 0.1) is 9.79 Å². The molecule has 1 fully saturated rings. The minimum atomic E-state index is -3.64. The third kappa shape index (κ3) is 4.28. The van der Waals surface area contributed by atoms with Crippen LogP contribution in [0.2, 0.25) is 0 Å². The lowest BCUT2D eigenvalue weighted by Gasteiger charge is -2.28. The molecule has 8 heteroatoms. The van der Waals surface area contributed by atoms with Gasteiger partial charge >= 0.3 is 0 Å². The average Bonchev–Trinajstić information content (AvgIpc) is 2.47. The van der Waals surface area contributed by atoms with Crippen LogP contribution in [0.1, 0.15) is 19.8 Å². The third-order valence-electron chi connectivity index (χ3n) is 3.95. The molecule has 0 saturated carbocycles. The van der Waals surface area contributed by atoms with E-state index in [9.17, 15) is 16.8 Å². The van der Waals surface area contributed by atoms with Crippen molar-refractivity contribution in [3.63, 3.8) is 0 Å². The zero-order chi connectivity index (χ0) is 16.4. The maximum Gasteiger partial charge on any atom is 0.240 e. The standard InChI is InChI=1S/C14H22N2O4S2/c1-11(12-4-3-9-15-10-12)16-22(19,20)14-7-5-13(6-8-14)21(2,17)18/h5-8,11-12,15-16H,3-4,9-10H2,1-2H3. The van der Waals surface area contributed by atoms with Crippen LogP contribution in [-0.4, -0.2) is 42.2 Å². The molecule has 2 atom stereocenters. The fraction of sp³-hybridized carbons (Fsp3) is 0.571. The normalized spacial score (nSPS) is 21.5. The molecule has 2 N–H and O–H groups in total. The first-order valence-corrected chi connectivity index (χ1v) is 10.6. The molecule has 1 saturated heterocycles. The van der Waals surface area contributed by atoms with Crippen molar-refractivity contribution in [3.05, 3.63) is 24.3 Å². The summed E-state index contributed by atoms with van der Waals surface area (Å²) < 4.78 is 50.2. The fourth-order valence-corrected chi connectivity index (χ4v) is 4.52. The van der Waals surface area contributed by atoms with Crippen LogP contribution in [0.5, 0.6) is 0 Å². The lowest BCUT2D eigenvalue weighted by molar-refractivity contribution is 0.320. The van der Waals surface area contributed by atoms with Gasteiger partial charge in [0, 0.05) is 12.3 Å². The predicted octanol–water partition coefficient (Wildman–Crippen LogP) is 0.756. The van der Waals surface area contributed by atoms with Crippen molar-refractivity contribution >= 4 is 19.9 Å². The summed E-state index contributed by atoms with van der Waals surface area (Å²) in [5, 5.41) is 3.26. The lowest BCUT2D eigenvalue weighted by Crippen LogP contribution is -2.44. The highest BCUT2D eigenvalue weighted by atomic mass is 32.2. The van der Waals surface area contributed by atoms with E-state index in [-0.39, 0.29) is 21.8 Å². The summed E-state index contributed by atoms with van der Waals surface area (Å²) in [7, 11) is -6.97. The van der Waals surface area contributed by atoms with Gasteiger partial charge in [-0.3, -0.25) is 0 Å². The van der Waals surface area contributed by atoms with Gasteiger partial charge < -0.3 is 5.32 Å². The van der Waals surface area contributed by atoms with Gasteiger partial charge in [0.25, 0.3) is 0 Å². The molecule has 1 aliphatic heterocycles. The van der Waals surface area contributed by atoms with Crippen molar-refractivity contribution in [2.45, 2.75) is 35.6 Å². The van der Waals surface area contributed by atoms with Gasteiger partial charge in [0.2, 0.25) is 10.0 Å². The largest absolute Gasteiger partial charge is 0.316 e. The quantitative estimate of drug-likeness (QED) is 0.821. The molecular weight excluding hydrogens is 324 g/mol.